The van der Waals surface area contributed by atoms with Gasteiger partial charge in [0.1, 0.15) is 0 Å². The van der Waals surface area contributed by atoms with Gasteiger partial charge < -0.3 is 9.84 Å². The molecule has 1 aromatic rings. The van der Waals surface area contributed by atoms with Gasteiger partial charge in [-0.3, -0.25) is 4.79 Å². The summed E-state index contributed by atoms with van der Waals surface area (Å²) in [6, 6.07) is 10.3. The van der Waals surface area contributed by atoms with E-state index in [2.05, 4.69) is 19.1 Å². The monoisotopic (exact) mass is 224 g/mol. The van der Waals surface area contributed by atoms with Crippen molar-refractivity contribution in [1.82, 2.24) is 0 Å². The number of ether oxygens (including phenoxy) is 1. The van der Waals surface area contributed by atoms with Gasteiger partial charge in [0, 0.05) is 13.5 Å². The standard InChI is InChI=1S/C11H16O.C2H4O2/c1-2-3-9-12-10-11-7-5-4-6-8-11;1-2(3)4/h4-8H,2-3,9-10H2,1H3;1H3,(H,3,4). The zero-order valence-electron chi connectivity index (χ0n) is 9.98. The van der Waals surface area contributed by atoms with Gasteiger partial charge in [-0.05, 0) is 12.0 Å². The van der Waals surface area contributed by atoms with Crippen LogP contribution < -0.4 is 0 Å². The predicted molar refractivity (Wildman–Crippen MR) is 64.3 cm³/mol. The molecule has 16 heavy (non-hydrogen) atoms. The summed E-state index contributed by atoms with van der Waals surface area (Å²) in [7, 11) is 0. The molecule has 3 nitrogen and oxygen atoms in total. The van der Waals surface area contributed by atoms with Crippen LogP contribution in [0, 0.1) is 0 Å². The highest BCUT2D eigenvalue weighted by Crippen LogP contribution is 2.00. The zero-order chi connectivity index (χ0) is 12.2. The molecule has 0 fully saturated rings. The van der Waals surface area contributed by atoms with Crippen LogP contribution in [0.4, 0.5) is 0 Å². The third-order valence-electron chi connectivity index (χ3n) is 1.75. The first kappa shape index (κ1) is 14.6. The highest BCUT2D eigenvalue weighted by atomic mass is 16.5. The summed E-state index contributed by atoms with van der Waals surface area (Å²) in [6.07, 6.45) is 2.36. The van der Waals surface area contributed by atoms with Crippen molar-refractivity contribution in [1.29, 1.82) is 0 Å². The summed E-state index contributed by atoms with van der Waals surface area (Å²) in [5.41, 5.74) is 1.26. The number of carboxylic acids is 1. The van der Waals surface area contributed by atoms with Crippen LogP contribution >= 0.6 is 0 Å². The van der Waals surface area contributed by atoms with E-state index < -0.39 is 5.97 Å². The molecule has 90 valence electrons. The van der Waals surface area contributed by atoms with Crippen molar-refractivity contribution in [3.05, 3.63) is 35.9 Å². The number of carboxylic acid groups (broad SMARTS) is 1. The lowest BCUT2D eigenvalue weighted by molar-refractivity contribution is -0.134. The smallest absolute Gasteiger partial charge is 0.300 e. The van der Waals surface area contributed by atoms with E-state index in [1.54, 1.807) is 0 Å². The molecule has 0 spiro atoms. The van der Waals surface area contributed by atoms with Gasteiger partial charge in [0.05, 0.1) is 6.61 Å². The molecule has 0 bridgehead atoms. The van der Waals surface area contributed by atoms with Crippen molar-refractivity contribution in [2.24, 2.45) is 0 Å². The van der Waals surface area contributed by atoms with E-state index in [0.717, 1.165) is 26.6 Å². The van der Waals surface area contributed by atoms with E-state index in [9.17, 15) is 0 Å². The molecule has 3 heteroatoms. The molecule has 1 N–H and O–H groups in total. The van der Waals surface area contributed by atoms with Crippen molar-refractivity contribution in [3.8, 4) is 0 Å². The number of carbonyl (C=O) groups is 1. The van der Waals surface area contributed by atoms with Crippen LogP contribution in [0.2, 0.25) is 0 Å². The summed E-state index contributed by atoms with van der Waals surface area (Å²) in [5, 5.41) is 7.42. The van der Waals surface area contributed by atoms with Gasteiger partial charge in [0.25, 0.3) is 5.97 Å². The van der Waals surface area contributed by atoms with Gasteiger partial charge in [0.15, 0.2) is 0 Å². The molecule has 0 aliphatic carbocycles. The molecule has 0 aromatic heterocycles. The minimum absolute atomic E-state index is 0.751. The highest BCUT2D eigenvalue weighted by Gasteiger charge is 1.89. The van der Waals surface area contributed by atoms with Crippen molar-refractivity contribution in [3.63, 3.8) is 0 Å². The molecule has 0 heterocycles. The lowest BCUT2D eigenvalue weighted by Gasteiger charge is -2.02. The maximum atomic E-state index is 9.00. The minimum atomic E-state index is -0.833. The largest absolute Gasteiger partial charge is 0.481 e. The predicted octanol–water partition coefficient (Wildman–Crippen LogP) is 3.09. The third-order valence-corrected chi connectivity index (χ3v) is 1.75. The fourth-order valence-electron chi connectivity index (χ4n) is 1.01. The normalized spacial score (nSPS) is 9.12. The topological polar surface area (TPSA) is 46.5 Å². The first-order chi connectivity index (χ1) is 7.66. The maximum Gasteiger partial charge on any atom is 0.300 e. The molecular weight excluding hydrogens is 204 g/mol. The Bertz CT molecular complexity index is 266. The molecule has 0 aliphatic heterocycles. The Morgan fingerprint density at radius 1 is 1.31 bits per heavy atom. The molecule has 0 saturated carbocycles. The van der Waals surface area contributed by atoms with Crippen LogP contribution in [0.15, 0.2) is 30.3 Å². The average molecular weight is 224 g/mol. The quantitative estimate of drug-likeness (QED) is 0.782. The van der Waals surface area contributed by atoms with Gasteiger partial charge >= 0.3 is 0 Å². The second-order valence-electron chi connectivity index (χ2n) is 3.41. The van der Waals surface area contributed by atoms with Crippen molar-refractivity contribution in [2.45, 2.75) is 33.3 Å². The van der Waals surface area contributed by atoms with Crippen LogP contribution in [-0.2, 0) is 16.1 Å². The number of unbranched alkanes of at least 4 members (excludes halogenated alkanes) is 1. The summed E-state index contributed by atoms with van der Waals surface area (Å²) in [6.45, 7) is 4.89. The van der Waals surface area contributed by atoms with Gasteiger partial charge in [-0.25, -0.2) is 0 Å². The molecule has 0 unspecified atom stereocenters. The second-order valence-corrected chi connectivity index (χ2v) is 3.41. The molecule has 1 aromatic carbocycles. The number of hydrogen-bond acceptors (Lipinski definition) is 2. The van der Waals surface area contributed by atoms with Crippen LogP contribution in [0.25, 0.3) is 0 Å². The Morgan fingerprint density at radius 3 is 2.38 bits per heavy atom. The van der Waals surface area contributed by atoms with E-state index in [1.165, 1.54) is 12.0 Å². The SMILES string of the molecule is CC(=O)O.CCCCOCc1ccccc1. The molecule has 1 rings (SSSR count). The fourth-order valence-corrected chi connectivity index (χ4v) is 1.01. The minimum Gasteiger partial charge on any atom is -0.481 e. The van der Waals surface area contributed by atoms with Crippen LogP contribution in [-0.4, -0.2) is 17.7 Å². The number of benzene rings is 1. The number of hydrogen-bond donors (Lipinski definition) is 1. The zero-order valence-corrected chi connectivity index (χ0v) is 9.98. The summed E-state index contributed by atoms with van der Waals surface area (Å²) in [4.78, 5) is 9.00. The van der Waals surface area contributed by atoms with Gasteiger partial charge in [-0.1, -0.05) is 43.7 Å². The van der Waals surface area contributed by atoms with Crippen molar-refractivity contribution in [2.75, 3.05) is 6.61 Å². The Morgan fingerprint density at radius 2 is 1.88 bits per heavy atom. The molecular formula is C13H20O3. The maximum absolute atomic E-state index is 9.00. The van der Waals surface area contributed by atoms with Crippen molar-refractivity contribution >= 4 is 5.97 Å². The van der Waals surface area contributed by atoms with E-state index in [4.69, 9.17) is 14.6 Å². The van der Waals surface area contributed by atoms with Crippen molar-refractivity contribution < 1.29 is 14.6 Å². The molecule has 0 saturated heterocycles. The van der Waals surface area contributed by atoms with Crippen LogP contribution in [0.3, 0.4) is 0 Å². The lowest BCUT2D eigenvalue weighted by atomic mass is 10.2. The summed E-state index contributed by atoms with van der Waals surface area (Å²) < 4.78 is 5.46. The molecule has 0 atom stereocenters. The van der Waals surface area contributed by atoms with E-state index >= 15 is 0 Å². The van der Waals surface area contributed by atoms with Crippen LogP contribution in [0.5, 0.6) is 0 Å². The Balaban J connectivity index is 0.000000487. The summed E-state index contributed by atoms with van der Waals surface area (Å²) >= 11 is 0. The first-order valence-electron chi connectivity index (χ1n) is 5.48. The first-order valence-corrected chi connectivity index (χ1v) is 5.48. The van der Waals surface area contributed by atoms with E-state index in [1.807, 2.05) is 18.2 Å². The molecule has 0 aliphatic rings. The Labute approximate surface area is 97.1 Å². The lowest BCUT2D eigenvalue weighted by Crippen LogP contribution is -1.94. The number of rotatable bonds is 5. The van der Waals surface area contributed by atoms with Crippen LogP contribution in [0.1, 0.15) is 32.3 Å². The van der Waals surface area contributed by atoms with Gasteiger partial charge in [0.2, 0.25) is 0 Å². The van der Waals surface area contributed by atoms with E-state index in [-0.39, 0.29) is 0 Å². The Hall–Kier alpha value is -1.35. The summed E-state index contributed by atoms with van der Waals surface area (Å²) in [5.74, 6) is -0.833. The fraction of sp³-hybridized carbons (Fsp3) is 0.462. The van der Waals surface area contributed by atoms with E-state index in [0.29, 0.717) is 0 Å². The second kappa shape index (κ2) is 10.2. The van der Waals surface area contributed by atoms with Gasteiger partial charge in [-0.15, -0.1) is 0 Å². The number of aliphatic carboxylic acids is 1. The molecule has 0 radical (unpaired) electrons. The van der Waals surface area contributed by atoms with Gasteiger partial charge in [-0.2, -0.15) is 0 Å². The third kappa shape index (κ3) is 10.7. The Kier molecular flexibility index (Phi) is 9.32. The highest BCUT2D eigenvalue weighted by molar-refractivity contribution is 5.62. The average Bonchev–Trinajstić information content (AvgIpc) is 2.25. The molecule has 0 amide bonds.